The van der Waals surface area contributed by atoms with Gasteiger partial charge in [-0.05, 0) is 25.1 Å². The second kappa shape index (κ2) is 6.73. The molecule has 0 atom stereocenters. The average Bonchev–Trinajstić information content (AvgIpc) is 2.55. The predicted molar refractivity (Wildman–Crippen MR) is 82.4 cm³/mol. The molecule has 0 amide bonds. The van der Waals surface area contributed by atoms with Crippen LogP contribution in [0, 0.1) is 27.2 Å². The minimum absolute atomic E-state index is 0.0857. The number of esters is 1. The molecule has 0 fully saturated rings. The highest BCUT2D eigenvalue weighted by Gasteiger charge is 2.22. The van der Waals surface area contributed by atoms with Gasteiger partial charge in [0.05, 0.1) is 28.6 Å². The van der Waals surface area contributed by atoms with Gasteiger partial charge in [-0.1, -0.05) is 6.07 Å². The summed E-state index contributed by atoms with van der Waals surface area (Å²) in [6.07, 6.45) is 0. The number of rotatable bonds is 5. The van der Waals surface area contributed by atoms with Crippen molar-refractivity contribution >= 4 is 17.3 Å². The SMILES string of the molecule is COc1ccc(OC(=O)c2ccc(C)c([N+](=O)[O-])c2)c([N+](=O)[O-])c1. The van der Waals surface area contributed by atoms with Gasteiger partial charge in [0.25, 0.3) is 5.69 Å². The van der Waals surface area contributed by atoms with Gasteiger partial charge in [0.1, 0.15) is 5.75 Å². The molecule has 0 saturated heterocycles. The first-order valence-electron chi connectivity index (χ1n) is 6.63. The second-order valence-corrected chi connectivity index (χ2v) is 4.74. The van der Waals surface area contributed by atoms with Crippen LogP contribution in [0.5, 0.6) is 11.5 Å². The monoisotopic (exact) mass is 332 g/mol. The number of ether oxygens (including phenoxy) is 2. The van der Waals surface area contributed by atoms with Crippen molar-refractivity contribution in [2.24, 2.45) is 0 Å². The lowest BCUT2D eigenvalue weighted by Crippen LogP contribution is -2.10. The summed E-state index contributed by atoms with van der Waals surface area (Å²) in [6.45, 7) is 1.53. The van der Waals surface area contributed by atoms with Gasteiger partial charge in [0.15, 0.2) is 0 Å². The van der Waals surface area contributed by atoms with Crippen molar-refractivity contribution in [3.63, 3.8) is 0 Å². The minimum Gasteiger partial charge on any atom is -0.496 e. The zero-order valence-electron chi connectivity index (χ0n) is 12.7. The summed E-state index contributed by atoms with van der Waals surface area (Å²) < 4.78 is 9.89. The molecule has 0 aromatic heterocycles. The number of hydrogen-bond donors (Lipinski definition) is 0. The lowest BCUT2D eigenvalue weighted by Gasteiger charge is -2.07. The summed E-state index contributed by atoms with van der Waals surface area (Å²) in [7, 11) is 1.34. The quantitative estimate of drug-likeness (QED) is 0.357. The number of nitro benzene ring substituents is 2. The van der Waals surface area contributed by atoms with Gasteiger partial charge in [0, 0.05) is 11.6 Å². The topological polar surface area (TPSA) is 122 Å². The first-order chi connectivity index (χ1) is 11.3. The molecule has 0 N–H and O–H groups in total. The Kier molecular flexibility index (Phi) is 4.73. The van der Waals surface area contributed by atoms with Gasteiger partial charge in [-0.3, -0.25) is 20.2 Å². The van der Waals surface area contributed by atoms with E-state index in [-0.39, 0.29) is 22.7 Å². The van der Waals surface area contributed by atoms with Crippen LogP contribution in [-0.4, -0.2) is 22.9 Å². The van der Waals surface area contributed by atoms with Crippen LogP contribution in [0.4, 0.5) is 11.4 Å². The zero-order valence-corrected chi connectivity index (χ0v) is 12.7. The molecule has 0 unspecified atom stereocenters. The number of hydrogen-bond acceptors (Lipinski definition) is 7. The van der Waals surface area contributed by atoms with Gasteiger partial charge >= 0.3 is 11.7 Å². The smallest absolute Gasteiger partial charge is 0.344 e. The fourth-order valence-electron chi connectivity index (χ4n) is 1.94. The highest BCUT2D eigenvalue weighted by atomic mass is 16.6. The highest BCUT2D eigenvalue weighted by Crippen LogP contribution is 2.32. The van der Waals surface area contributed by atoms with Crippen molar-refractivity contribution in [3.8, 4) is 11.5 Å². The molecule has 0 saturated carbocycles. The van der Waals surface area contributed by atoms with Crippen LogP contribution in [0.1, 0.15) is 15.9 Å². The molecule has 0 aliphatic heterocycles. The largest absolute Gasteiger partial charge is 0.496 e. The Morgan fingerprint density at radius 1 is 1.00 bits per heavy atom. The molecule has 0 aliphatic rings. The number of carbonyl (C=O) groups is 1. The standard InChI is InChI=1S/C15H12N2O7/c1-9-3-4-10(7-12(9)16(19)20)15(18)24-14-6-5-11(23-2)8-13(14)17(21)22/h3-8H,1-2H3. The third kappa shape index (κ3) is 3.46. The molecule has 0 spiro atoms. The molecule has 2 aromatic rings. The van der Waals surface area contributed by atoms with Crippen molar-refractivity contribution in [2.75, 3.05) is 7.11 Å². The number of nitrogens with zero attached hydrogens (tertiary/aromatic N) is 2. The van der Waals surface area contributed by atoms with E-state index in [1.807, 2.05) is 0 Å². The van der Waals surface area contributed by atoms with Crippen molar-refractivity contribution < 1.29 is 24.1 Å². The third-order valence-corrected chi connectivity index (χ3v) is 3.21. The number of nitro groups is 2. The maximum absolute atomic E-state index is 12.1. The molecule has 24 heavy (non-hydrogen) atoms. The molecule has 0 heterocycles. The van der Waals surface area contributed by atoms with Crippen LogP contribution in [0.25, 0.3) is 0 Å². The molecule has 0 radical (unpaired) electrons. The molecule has 2 rings (SSSR count). The summed E-state index contributed by atoms with van der Waals surface area (Å²) in [5, 5.41) is 22.0. The summed E-state index contributed by atoms with van der Waals surface area (Å²) >= 11 is 0. The fraction of sp³-hybridized carbons (Fsp3) is 0.133. The van der Waals surface area contributed by atoms with Gasteiger partial charge in [-0.2, -0.15) is 0 Å². The van der Waals surface area contributed by atoms with Crippen LogP contribution in [0.15, 0.2) is 36.4 Å². The molecule has 9 nitrogen and oxygen atoms in total. The van der Waals surface area contributed by atoms with Gasteiger partial charge in [-0.15, -0.1) is 0 Å². The third-order valence-electron chi connectivity index (χ3n) is 3.21. The summed E-state index contributed by atoms with van der Waals surface area (Å²) in [4.78, 5) is 32.8. The highest BCUT2D eigenvalue weighted by molar-refractivity contribution is 5.92. The Balaban J connectivity index is 2.35. The number of methoxy groups -OCH3 is 1. The number of benzene rings is 2. The number of carbonyl (C=O) groups excluding carboxylic acids is 1. The van der Waals surface area contributed by atoms with Crippen LogP contribution < -0.4 is 9.47 Å². The summed E-state index contributed by atoms with van der Waals surface area (Å²) in [6, 6.07) is 7.54. The average molecular weight is 332 g/mol. The zero-order chi connectivity index (χ0) is 17.9. The normalized spacial score (nSPS) is 10.1. The van der Waals surface area contributed by atoms with Crippen molar-refractivity contribution in [3.05, 3.63) is 67.8 Å². The second-order valence-electron chi connectivity index (χ2n) is 4.74. The fourth-order valence-corrected chi connectivity index (χ4v) is 1.94. The van der Waals surface area contributed by atoms with E-state index in [2.05, 4.69) is 0 Å². The minimum atomic E-state index is -0.939. The van der Waals surface area contributed by atoms with E-state index in [1.54, 1.807) is 0 Å². The van der Waals surface area contributed by atoms with Crippen LogP contribution in [-0.2, 0) is 0 Å². The molecular weight excluding hydrogens is 320 g/mol. The molecule has 0 aliphatic carbocycles. The number of aryl methyl sites for hydroxylation is 1. The molecule has 124 valence electrons. The van der Waals surface area contributed by atoms with E-state index in [1.165, 1.54) is 38.3 Å². The van der Waals surface area contributed by atoms with E-state index in [9.17, 15) is 25.0 Å². The molecule has 0 bridgehead atoms. The Morgan fingerprint density at radius 2 is 1.67 bits per heavy atom. The van der Waals surface area contributed by atoms with Crippen molar-refractivity contribution in [1.29, 1.82) is 0 Å². The van der Waals surface area contributed by atoms with E-state index >= 15 is 0 Å². The summed E-state index contributed by atoms with van der Waals surface area (Å²) in [5.41, 5.74) is -0.401. The maximum atomic E-state index is 12.1. The van der Waals surface area contributed by atoms with Crippen LogP contribution >= 0.6 is 0 Å². The van der Waals surface area contributed by atoms with E-state index < -0.39 is 21.5 Å². The van der Waals surface area contributed by atoms with Crippen LogP contribution in [0.3, 0.4) is 0 Å². The van der Waals surface area contributed by atoms with E-state index in [4.69, 9.17) is 9.47 Å². The lowest BCUT2D eigenvalue weighted by molar-refractivity contribution is -0.385. The Hall–Kier alpha value is -3.49. The Morgan fingerprint density at radius 3 is 2.25 bits per heavy atom. The van der Waals surface area contributed by atoms with Gasteiger partial charge in [-0.25, -0.2) is 4.79 Å². The Bertz CT molecular complexity index is 833. The predicted octanol–water partition coefficient (Wildman–Crippen LogP) is 3.04. The first kappa shape index (κ1) is 16.9. The Labute approximate surface area is 135 Å². The first-order valence-corrected chi connectivity index (χ1v) is 6.63. The molecule has 9 heteroatoms. The maximum Gasteiger partial charge on any atom is 0.344 e. The van der Waals surface area contributed by atoms with Crippen molar-refractivity contribution in [1.82, 2.24) is 0 Å². The van der Waals surface area contributed by atoms with Crippen molar-refractivity contribution in [2.45, 2.75) is 6.92 Å². The summed E-state index contributed by atoms with van der Waals surface area (Å²) in [5.74, 6) is -0.993. The van der Waals surface area contributed by atoms with E-state index in [0.717, 1.165) is 12.1 Å². The van der Waals surface area contributed by atoms with E-state index in [0.29, 0.717) is 5.56 Å². The van der Waals surface area contributed by atoms with Crippen LogP contribution in [0.2, 0.25) is 0 Å². The molecule has 2 aromatic carbocycles. The lowest BCUT2D eigenvalue weighted by atomic mass is 10.1. The van der Waals surface area contributed by atoms with Gasteiger partial charge < -0.3 is 9.47 Å². The van der Waals surface area contributed by atoms with Gasteiger partial charge in [0.2, 0.25) is 5.75 Å². The molecular formula is C15H12N2O7.